The van der Waals surface area contributed by atoms with Crippen molar-refractivity contribution in [2.75, 3.05) is 20.3 Å². The van der Waals surface area contributed by atoms with Gasteiger partial charge in [-0.05, 0) is 73.4 Å². The van der Waals surface area contributed by atoms with Gasteiger partial charge in [-0.1, -0.05) is 31.9 Å². The van der Waals surface area contributed by atoms with Gasteiger partial charge >= 0.3 is 5.97 Å². The van der Waals surface area contributed by atoms with E-state index in [9.17, 15) is 9.90 Å². The van der Waals surface area contributed by atoms with Crippen LogP contribution >= 0.6 is 0 Å². The number of carbonyl (C=O) groups is 1. The lowest BCUT2D eigenvalue weighted by atomic mass is 9.95. The molecule has 2 aromatic carbocycles. The Hall–Kier alpha value is -4.35. The van der Waals surface area contributed by atoms with E-state index in [4.69, 9.17) is 24.3 Å². The molecule has 0 amide bonds. The summed E-state index contributed by atoms with van der Waals surface area (Å²) in [6, 6.07) is 13.6. The van der Waals surface area contributed by atoms with Crippen LogP contribution in [0.1, 0.15) is 67.1 Å². The number of aromatic nitrogens is 3. The normalized spacial score (nSPS) is 11.8. The molecule has 1 N–H and O–H groups in total. The summed E-state index contributed by atoms with van der Waals surface area (Å²) < 4.78 is 19.0. The van der Waals surface area contributed by atoms with Gasteiger partial charge in [-0.15, -0.1) is 5.92 Å². The fourth-order valence-corrected chi connectivity index (χ4v) is 4.80. The second-order valence-corrected chi connectivity index (χ2v) is 10.3. The summed E-state index contributed by atoms with van der Waals surface area (Å²) >= 11 is 0. The maximum Gasteiger partial charge on any atom is 0.304 e. The first-order chi connectivity index (χ1) is 19.7. The number of aryl methyl sites for hydroxylation is 2. The van der Waals surface area contributed by atoms with Gasteiger partial charge in [0.2, 0.25) is 0 Å². The molecule has 0 spiro atoms. The number of methoxy groups -OCH3 is 1. The molecule has 214 valence electrons. The van der Waals surface area contributed by atoms with Crippen molar-refractivity contribution in [2.24, 2.45) is 0 Å². The summed E-state index contributed by atoms with van der Waals surface area (Å²) in [7, 11) is 1.66. The fraction of sp³-hybridized carbons (Fsp3) is 0.364. The summed E-state index contributed by atoms with van der Waals surface area (Å²) in [6.07, 6.45) is 1.91. The van der Waals surface area contributed by atoms with Crippen LogP contribution in [0.25, 0.3) is 16.8 Å². The highest BCUT2D eigenvalue weighted by Gasteiger charge is 2.18. The largest absolute Gasteiger partial charge is 0.491 e. The van der Waals surface area contributed by atoms with Crippen LogP contribution in [0.15, 0.2) is 48.7 Å². The highest BCUT2D eigenvalue weighted by Crippen LogP contribution is 2.34. The second kappa shape index (κ2) is 13.3. The zero-order valence-corrected chi connectivity index (χ0v) is 24.5. The molecule has 0 saturated carbocycles. The number of hydrogen-bond acceptors (Lipinski definition) is 6. The molecule has 0 saturated heterocycles. The number of benzene rings is 2. The Balaban J connectivity index is 1.65. The highest BCUT2D eigenvalue weighted by atomic mass is 16.5. The molecule has 0 aliphatic heterocycles. The number of pyridine rings is 1. The maximum atomic E-state index is 11.2. The Bertz CT molecular complexity index is 1560. The van der Waals surface area contributed by atoms with Crippen LogP contribution in [-0.4, -0.2) is 46.0 Å². The third-order valence-electron chi connectivity index (χ3n) is 6.74. The van der Waals surface area contributed by atoms with E-state index in [1.54, 1.807) is 14.0 Å². The quantitative estimate of drug-likeness (QED) is 0.161. The summed E-state index contributed by atoms with van der Waals surface area (Å²) in [6.45, 7) is 11.4. The van der Waals surface area contributed by atoms with Crippen LogP contribution in [0.3, 0.4) is 0 Å². The maximum absolute atomic E-state index is 11.2. The number of carboxylic acids is 1. The molecular formula is C33H37N3O5. The summed E-state index contributed by atoms with van der Waals surface area (Å²) in [4.78, 5) is 16.1. The zero-order chi connectivity index (χ0) is 29.5. The van der Waals surface area contributed by atoms with Gasteiger partial charge < -0.3 is 19.3 Å². The topological polar surface area (TPSA) is 95.2 Å². The van der Waals surface area contributed by atoms with Gasteiger partial charge in [0, 0.05) is 30.4 Å². The van der Waals surface area contributed by atoms with Gasteiger partial charge in [-0.25, -0.2) is 9.50 Å². The molecule has 4 aromatic rings. The van der Waals surface area contributed by atoms with Crippen LogP contribution in [-0.2, 0) is 16.1 Å². The van der Waals surface area contributed by atoms with Crippen molar-refractivity contribution in [2.45, 2.75) is 59.5 Å². The van der Waals surface area contributed by atoms with E-state index >= 15 is 0 Å². The Labute approximate surface area is 241 Å². The number of nitrogens with zero attached hydrogens (tertiary/aromatic N) is 3. The number of rotatable bonds is 12. The van der Waals surface area contributed by atoms with Crippen molar-refractivity contribution >= 4 is 11.6 Å². The SMILES string of the molecule is CC#C[C@@H](CC(=O)O)c1ccc(OCc2cc(-c3c(C)cc(OCCOC)cc3C)c3nc(C(C)C)nn3c2)cc1. The number of ether oxygens (including phenoxy) is 3. The van der Waals surface area contributed by atoms with Crippen molar-refractivity contribution in [3.63, 3.8) is 0 Å². The molecular weight excluding hydrogens is 518 g/mol. The molecule has 41 heavy (non-hydrogen) atoms. The predicted molar refractivity (Wildman–Crippen MR) is 159 cm³/mol. The van der Waals surface area contributed by atoms with Crippen LogP contribution in [0.5, 0.6) is 11.5 Å². The molecule has 8 nitrogen and oxygen atoms in total. The van der Waals surface area contributed by atoms with E-state index in [1.807, 2.05) is 47.1 Å². The lowest BCUT2D eigenvalue weighted by molar-refractivity contribution is -0.137. The minimum atomic E-state index is -0.878. The van der Waals surface area contributed by atoms with E-state index in [2.05, 4.69) is 45.6 Å². The van der Waals surface area contributed by atoms with Crippen LogP contribution in [0, 0.1) is 25.7 Å². The molecule has 8 heteroatoms. The van der Waals surface area contributed by atoms with Crippen molar-refractivity contribution in [1.82, 2.24) is 14.6 Å². The first-order valence-corrected chi connectivity index (χ1v) is 13.7. The van der Waals surface area contributed by atoms with Crippen LogP contribution in [0.4, 0.5) is 0 Å². The Morgan fingerprint density at radius 2 is 1.73 bits per heavy atom. The summed E-state index contributed by atoms with van der Waals surface area (Å²) in [5, 5.41) is 14.0. The second-order valence-electron chi connectivity index (χ2n) is 10.3. The summed E-state index contributed by atoms with van der Waals surface area (Å²) in [5.41, 5.74) is 6.81. The van der Waals surface area contributed by atoms with Gasteiger partial charge in [-0.2, -0.15) is 5.10 Å². The smallest absolute Gasteiger partial charge is 0.304 e. The minimum Gasteiger partial charge on any atom is -0.491 e. The van der Waals surface area contributed by atoms with Crippen molar-refractivity contribution in [3.8, 4) is 34.5 Å². The van der Waals surface area contributed by atoms with Gasteiger partial charge in [-0.3, -0.25) is 4.79 Å². The third-order valence-corrected chi connectivity index (χ3v) is 6.74. The lowest BCUT2D eigenvalue weighted by Gasteiger charge is -2.16. The van der Waals surface area contributed by atoms with Crippen LogP contribution in [0.2, 0.25) is 0 Å². The van der Waals surface area contributed by atoms with E-state index in [-0.39, 0.29) is 18.3 Å². The van der Waals surface area contributed by atoms with Gasteiger partial charge in [0.05, 0.1) is 18.9 Å². The molecule has 0 unspecified atom stereocenters. The Morgan fingerprint density at radius 1 is 1.02 bits per heavy atom. The molecule has 2 aromatic heterocycles. The molecule has 1 atom stereocenters. The Morgan fingerprint density at radius 3 is 2.34 bits per heavy atom. The first-order valence-electron chi connectivity index (χ1n) is 13.7. The van der Waals surface area contributed by atoms with Crippen molar-refractivity contribution in [1.29, 1.82) is 0 Å². The fourth-order valence-electron chi connectivity index (χ4n) is 4.80. The Kier molecular flexibility index (Phi) is 9.64. The van der Waals surface area contributed by atoms with Crippen molar-refractivity contribution in [3.05, 3.63) is 76.7 Å². The molecule has 0 bridgehead atoms. The van der Waals surface area contributed by atoms with E-state index in [0.717, 1.165) is 50.6 Å². The average molecular weight is 556 g/mol. The number of hydrogen-bond donors (Lipinski definition) is 1. The van der Waals surface area contributed by atoms with Gasteiger partial charge in [0.25, 0.3) is 0 Å². The monoisotopic (exact) mass is 555 g/mol. The van der Waals surface area contributed by atoms with Gasteiger partial charge in [0.15, 0.2) is 11.5 Å². The average Bonchev–Trinajstić information content (AvgIpc) is 3.36. The van der Waals surface area contributed by atoms with Gasteiger partial charge in [0.1, 0.15) is 24.7 Å². The third kappa shape index (κ3) is 7.24. The number of fused-ring (bicyclic) bond motifs is 1. The zero-order valence-electron chi connectivity index (χ0n) is 24.5. The predicted octanol–water partition coefficient (Wildman–Crippen LogP) is 6.32. The molecule has 0 aliphatic carbocycles. The number of carboxylic acid groups (broad SMARTS) is 1. The molecule has 0 aliphatic rings. The van der Waals surface area contributed by atoms with E-state index in [1.165, 1.54) is 0 Å². The van der Waals surface area contributed by atoms with E-state index in [0.29, 0.717) is 25.6 Å². The lowest BCUT2D eigenvalue weighted by Crippen LogP contribution is -2.05. The molecule has 4 rings (SSSR count). The molecule has 2 heterocycles. The van der Waals surface area contributed by atoms with Crippen molar-refractivity contribution < 1.29 is 24.1 Å². The highest BCUT2D eigenvalue weighted by molar-refractivity contribution is 5.82. The first kappa shape index (κ1) is 29.6. The summed E-state index contributed by atoms with van der Waals surface area (Å²) in [5.74, 6) is 7.02. The minimum absolute atomic E-state index is 0.0425. The number of aliphatic carboxylic acids is 1. The van der Waals surface area contributed by atoms with E-state index < -0.39 is 5.97 Å². The molecule has 0 fully saturated rings. The standard InChI is InChI=1S/C33H37N3O5/c1-7-8-26(18-30(37)38)25-9-11-27(12-10-25)41-20-24-17-29(33-34-32(21(2)3)35-36(33)19-24)31-22(4)15-28(16-23(31)5)40-14-13-39-6/h9-12,15-17,19,21,26H,13-14,18,20H2,1-6H3,(H,37,38)/t26-/m0/s1. The molecule has 0 radical (unpaired) electrons. The van der Waals surface area contributed by atoms with Crippen LogP contribution < -0.4 is 9.47 Å².